The molecule has 104 valence electrons. The van der Waals surface area contributed by atoms with Gasteiger partial charge in [-0.2, -0.15) is 0 Å². The highest BCUT2D eigenvalue weighted by Gasteiger charge is 2.37. The van der Waals surface area contributed by atoms with Crippen LogP contribution in [0.5, 0.6) is 0 Å². The fourth-order valence-corrected chi connectivity index (χ4v) is 2.22. The summed E-state index contributed by atoms with van der Waals surface area (Å²) in [6.45, 7) is -0.240. The number of carbonyl (C=O) groups is 1. The largest absolute Gasteiger partial charge is 0.394 e. The van der Waals surface area contributed by atoms with E-state index >= 15 is 0 Å². The number of rotatable bonds is 3. The fourth-order valence-electron chi connectivity index (χ4n) is 2.22. The molecule has 0 aliphatic carbocycles. The first kappa shape index (κ1) is 14.0. The molecule has 0 unspecified atom stereocenters. The zero-order valence-electron chi connectivity index (χ0n) is 10.3. The number of amides is 1. The van der Waals surface area contributed by atoms with Gasteiger partial charge in [-0.1, -0.05) is 12.1 Å². The van der Waals surface area contributed by atoms with Crippen molar-refractivity contribution in [3.8, 4) is 0 Å². The van der Waals surface area contributed by atoms with Crippen LogP contribution in [0.25, 0.3) is 0 Å². The minimum atomic E-state index is -1.11. The van der Waals surface area contributed by atoms with Crippen molar-refractivity contribution in [2.24, 2.45) is 5.73 Å². The van der Waals surface area contributed by atoms with E-state index in [-0.39, 0.29) is 13.0 Å². The molecule has 2 rings (SSSR count). The first-order valence-electron chi connectivity index (χ1n) is 6.05. The Balaban J connectivity index is 2.28. The third-order valence-corrected chi connectivity index (χ3v) is 3.25. The van der Waals surface area contributed by atoms with Crippen LogP contribution in [0.15, 0.2) is 24.3 Å². The molecule has 1 aromatic rings. The van der Waals surface area contributed by atoms with Crippen LogP contribution in [0.4, 0.5) is 0 Å². The molecule has 1 saturated heterocycles. The summed E-state index contributed by atoms with van der Waals surface area (Å²) in [5.41, 5.74) is 6.04. The number of nitrogens with two attached hydrogens (primary N) is 1. The molecule has 6 heteroatoms. The summed E-state index contributed by atoms with van der Waals surface area (Å²) in [4.78, 5) is 11.1. The van der Waals surface area contributed by atoms with Crippen LogP contribution in [0, 0.1) is 0 Å². The van der Waals surface area contributed by atoms with Gasteiger partial charge in [0.15, 0.2) is 0 Å². The Hall–Kier alpha value is -1.47. The summed E-state index contributed by atoms with van der Waals surface area (Å²) in [6, 6.07) is 6.37. The Morgan fingerprint density at radius 3 is 2.79 bits per heavy atom. The average molecular weight is 267 g/mol. The molecule has 0 bridgehead atoms. The van der Waals surface area contributed by atoms with Crippen LogP contribution in [0.1, 0.15) is 28.4 Å². The molecule has 5 N–H and O–H groups in total. The first-order valence-corrected chi connectivity index (χ1v) is 6.05. The summed E-state index contributed by atoms with van der Waals surface area (Å²) in [5, 5.41) is 28.8. The molecular formula is C13H17NO5. The molecular weight excluding hydrogens is 250 g/mol. The minimum absolute atomic E-state index is 0.170. The number of benzene rings is 1. The maximum absolute atomic E-state index is 11.1. The number of aliphatic hydroxyl groups is 3. The van der Waals surface area contributed by atoms with Gasteiger partial charge in [0.2, 0.25) is 5.91 Å². The normalized spacial score (nSPS) is 31.1. The predicted octanol–water partition coefficient (Wildman–Crippen LogP) is -0.670. The van der Waals surface area contributed by atoms with Gasteiger partial charge in [0.1, 0.15) is 12.2 Å². The third-order valence-electron chi connectivity index (χ3n) is 3.25. The molecule has 0 saturated carbocycles. The lowest BCUT2D eigenvalue weighted by molar-refractivity contribution is -0.179. The molecule has 19 heavy (non-hydrogen) atoms. The Kier molecular flexibility index (Phi) is 4.16. The van der Waals surface area contributed by atoms with E-state index in [1.807, 2.05) is 0 Å². The SMILES string of the molecule is NC(=O)c1cccc([C@@H]2O[C@H](CO)C[C@@H](O)[C@H]2O)c1. The molecule has 1 amide bonds. The van der Waals surface area contributed by atoms with Crippen LogP contribution < -0.4 is 5.73 Å². The summed E-state index contributed by atoms with van der Waals surface area (Å²) in [6.07, 6.45) is -3.25. The quantitative estimate of drug-likeness (QED) is 0.580. The van der Waals surface area contributed by atoms with Gasteiger partial charge in [0.25, 0.3) is 0 Å². The van der Waals surface area contributed by atoms with Crippen LogP contribution in [0.2, 0.25) is 0 Å². The second-order valence-electron chi connectivity index (χ2n) is 4.64. The zero-order valence-corrected chi connectivity index (χ0v) is 10.3. The molecule has 6 nitrogen and oxygen atoms in total. The van der Waals surface area contributed by atoms with Crippen LogP contribution in [0.3, 0.4) is 0 Å². The summed E-state index contributed by atoms with van der Waals surface area (Å²) in [7, 11) is 0. The highest BCUT2D eigenvalue weighted by atomic mass is 16.5. The van der Waals surface area contributed by atoms with Crippen molar-refractivity contribution in [3.63, 3.8) is 0 Å². The molecule has 0 radical (unpaired) electrons. The maximum Gasteiger partial charge on any atom is 0.248 e. The van der Waals surface area contributed by atoms with Crippen LogP contribution in [-0.2, 0) is 4.74 Å². The Labute approximate surface area is 110 Å². The van der Waals surface area contributed by atoms with Crippen molar-refractivity contribution in [1.29, 1.82) is 0 Å². The molecule has 1 fully saturated rings. The number of hydrogen-bond acceptors (Lipinski definition) is 5. The van der Waals surface area contributed by atoms with E-state index in [1.54, 1.807) is 18.2 Å². The van der Waals surface area contributed by atoms with E-state index in [2.05, 4.69) is 0 Å². The van der Waals surface area contributed by atoms with Crippen molar-refractivity contribution in [2.45, 2.75) is 30.8 Å². The lowest BCUT2D eigenvalue weighted by atomic mass is 9.92. The Morgan fingerprint density at radius 1 is 1.42 bits per heavy atom. The summed E-state index contributed by atoms with van der Waals surface area (Å²) < 4.78 is 5.53. The molecule has 1 aliphatic rings. The van der Waals surface area contributed by atoms with Gasteiger partial charge in [0.05, 0.1) is 18.8 Å². The van der Waals surface area contributed by atoms with Crippen molar-refractivity contribution >= 4 is 5.91 Å². The number of hydrogen-bond donors (Lipinski definition) is 4. The molecule has 1 aromatic carbocycles. The number of ether oxygens (including phenoxy) is 1. The molecule has 4 atom stereocenters. The fraction of sp³-hybridized carbons (Fsp3) is 0.462. The third kappa shape index (κ3) is 2.93. The van der Waals surface area contributed by atoms with Crippen molar-refractivity contribution in [1.82, 2.24) is 0 Å². The van der Waals surface area contributed by atoms with Crippen molar-refractivity contribution in [3.05, 3.63) is 35.4 Å². The van der Waals surface area contributed by atoms with Crippen molar-refractivity contribution < 1.29 is 24.9 Å². The van der Waals surface area contributed by atoms with E-state index in [9.17, 15) is 15.0 Å². The second-order valence-corrected chi connectivity index (χ2v) is 4.64. The van der Waals surface area contributed by atoms with E-state index in [0.717, 1.165) is 0 Å². The maximum atomic E-state index is 11.1. The second kappa shape index (κ2) is 5.66. The average Bonchev–Trinajstić information content (AvgIpc) is 2.41. The molecule has 0 spiro atoms. The van der Waals surface area contributed by atoms with E-state index in [4.69, 9.17) is 15.6 Å². The first-order chi connectivity index (χ1) is 9.02. The topological polar surface area (TPSA) is 113 Å². The van der Waals surface area contributed by atoms with Gasteiger partial charge in [-0.15, -0.1) is 0 Å². The van der Waals surface area contributed by atoms with Gasteiger partial charge in [-0.3, -0.25) is 4.79 Å². The van der Waals surface area contributed by atoms with Gasteiger partial charge in [-0.25, -0.2) is 0 Å². The highest BCUT2D eigenvalue weighted by molar-refractivity contribution is 5.92. The van der Waals surface area contributed by atoms with Gasteiger partial charge >= 0.3 is 0 Å². The summed E-state index contributed by atoms with van der Waals surface area (Å²) in [5.74, 6) is -0.577. The van der Waals surface area contributed by atoms with E-state index in [1.165, 1.54) is 6.07 Å². The van der Waals surface area contributed by atoms with E-state index in [0.29, 0.717) is 11.1 Å². The standard InChI is InChI=1S/C13H17NO5/c14-13(18)8-3-1-2-7(4-8)12-11(17)10(16)5-9(6-15)19-12/h1-4,9-12,15-17H,5-6H2,(H2,14,18)/t9-,10+,11+,12-/m0/s1. The van der Waals surface area contributed by atoms with Gasteiger partial charge in [-0.05, 0) is 17.7 Å². The molecule has 0 aromatic heterocycles. The van der Waals surface area contributed by atoms with E-state index < -0.39 is 30.3 Å². The number of carbonyl (C=O) groups excluding carboxylic acids is 1. The predicted molar refractivity (Wildman–Crippen MR) is 66.3 cm³/mol. The van der Waals surface area contributed by atoms with Gasteiger partial charge in [0, 0.05) is 12.0 Å². The summed E-state index contributed by atoms with van der Waals surface area (Å²) >= 11 is 0. The minimum Gasteiger partial charge on any atom is -0.394 e. The van der Waals surface area contributed by atoms with Crippen molar-refractivity contribution in [2.75, 3.05) is 6.61 Å². The lowest BCUT2D eigenvalue weighted by Gasteiger charge is -2.36. The van der Waals surface area contributed by atoms with Crippen LogP contribution >= 0.6 is 0 Å². The smallest absolute Gasteiger partial charge is 0.248 e. The van der Waals surface area contributed by atoms with Gasteiger partial charge < -0.3 is 25.8 Å². The number of primary amides is 1. The Bertz CT molecular complexity index is 464. The lowest BCUT2D eigenvalue weighted by Crippen LogP contribution is -2.44. The molecule has 1 heterocycles. The highest BCUT2D eigenvalue weighted by Crippen LogP contribution is 2.32. The number of aliphatic hydroxyl groups excluding tert-OH is 3. The monoisotopic (exact) mass is 267 g/mol. The van der Waals surface area contributed by atoms with Crippen LogP contribution in [-0.4, -0.2) is 46.1 Å². The Morgan fingerprint density at radius 2 is 2.16 bits per heavy atom. The molecule has 1 aliphatic heterocycles. The zero-order chi connectivity index (χ0) is 14.0.